The highest BCUT2D eigenvalue weighted by atomic mass is 35.5. The molecule has 2 N–H and O–H groups in total. The normalized spacial score (nSPS) is 11.4. The van der Waals surface area contributed by atoms with Gasteiger partial charge in [-0.15, -0.1) is 17.9 Å². The summed E-state index contributed by atoms with van der Waals surface area (Å²) in [4.78, 5) is 15.0. The zero-order chi connectivity index (χ0) is 14.5. The molecular weight excluding hydrogens is 280 g/mol. The van der Waals surface area contributed by atoms with Gasteiger partial charge >= 0.3 is 0 Å². The molecule has 0 unspecified atom stereocenters. The molecule has 0 aromatic carbocycles. The van der Waals surface area contributed by atoms with E-state index < -0.39 is 0 Å². The lowest BCUT2D eigenvalue weighted by molar-refractivity contribution is -0.131. The van der Waals surface area contributed by atoms with Crippen LogP contribution < -0.4 is 5.73 Å². The van der Waals surface area contributed by atoms with E-state index in [9.17, 15) is 4.79 Å². The van der Waals surface area contributed by atoms with Crippen LogP contribution in [0.15, 0.2) is 24.8 Å². The van der Waals surface area contributed by atoms with Crippen LogP contribution in [-0.2, 0) is 11.3 Å². The molecule has 0 aliphatic heterocycles. The van der Waals surface area contributed by atoms with Crippen molar-refractivity contribution in [3.63, 3.8) is 0 Å². The van der Waals surface area contributed by atoms with Gasteiger partial charge in [0.2, 0.25) is 5.91 Å². The lowest BCUT2D eigenvalue weighted by Gasteiger charge is -2.23. The molecule has 0 saturated heterocycles. The Bertz CT molecular complexity index is 437. The van der Waals surface area contributed by atoms with Crippen LogP contribution in [0.5, 0.6) is 0 Å². The second-order valence-corrected chi connectivity index (χ2v) is 7.06. The van der Waals surface area contributed by atoms with Gasteiger partial charge in [0.1, 0.15) is 0 Å². The number of carbonyl (C=O) groups excluding carboxylic acids is 1. The fourth-order valence-corrected chi connectivity index (χ4v) is 2.73. The number of hydrogen-bond donors (Lipinski definition) is 1. The Labute approximate surface area is 124 Å². The maximum atomic E-state index is 12.2. The van der Waals surface area contributed by atoms with Crippen molar-refractivity contribution < 1.29 is 4.79 Å². The van der Waals surface area contributed by atoms with E-state index in [-0.39, 0.29) is 11.4 Å². The predicted molar refractivity (Wildman–Crippen MR) is 82.4 cm³/mol. The van der Waals surface area contributed by atoms with E-state index in [1.807, 2.05) is 26.0 Å². The summed E-state index contributed by atoms with van der Waals surface area (Å²) in [5.41, 5.74) is 5.59. The molecule has 0 saturated carbocycles. The number of carbonyl (C=O) groups is 1. The van der Waals surface area contributed by atoms with Gasteiger partial charge in [-0.2, -0.15) is 0 Å². The standard InChI is InChI=1S/C14H21ClN2OS/c1-4-9-17(10-11-5-6-12(15)19-11)13(18)7-8-14(2,3)16/h4-6H,1,7-10,16H2,2-3H3. The van der Waals surface area contributed by atoms with Crippen molar-refractivity contribution in [3.8, 4) is 0 Å². The molecule has 3 nitrogen and oxygen atoms in total. The molecule has 0 aliphatic rings. The number of nitrogens with two attached hydrogens (primary N) is 1. The van der Waals surface area contributed by atoms with Gasteiger partial charge in [0.25, 0.3) is 0 Å². The van der Waals surface area contributed by atoms with Crippen molar-refractivity contribution in [2.75, 3.05) is 6.54 Å². The van der Waals surface area contributed by atoms with Gasteiger partial charge in [-0.25, -0.2) is 0 Å². The smallest absolute Gasteiger partial charge is 0.223 e. The molecule has 1 rings (SSSR count). The van der Waals surface area contributed by atoms with Gasteiger partial charge in [0, 0.05) is 23.4 Å². The highest BCUT2D eigenvalue weighted by Gasteiger charge is 2.18. The minimum absolute atomic E-state index is 0.1000. The van der Waals surface area contributed by atoms with Crippen LogP contribution in [0.2, 0.25) is 4.34 Å². The molecule has 1 amide bonds. The van der Waals surface area contributed by atoms with E-state index >= 15 is 0 Å². The summed E-state index contributed by atoms with van der Waals surface area (Å²) in [6.07, 6.45) is 2.86. The highest BCUT2D eigenvalue weighted by molar-refractivity contribution is 7.16. The van der Waals surface area contributed by atoms with Gasteiger partial charge < -0.3 is 10.6 Å². The van der Waals surface area contributed by atoms with E-state index in [4.69, 9.17) is 17.3 Å². The molecule has 106 valence electrons. The molecule has 5 heteroatoms. The summed E-state index contributed by atoms with van der Waals surface area (Å²) < 4.78 is 0.740. The van der Waals surface area contributed by atoms with Crippen LogP contribution in [0.25, 0.3) is 0 Å². The third-order valence-electron chi connectivity index (χ3n) is 2.66. The molecule has 1 heterocycles. The molecule has 1 aromatic heterocycles. The Kier molecular flexibility index (Phi) is 6.04. The fraction of sp³-hybridized carbons (Fsp3) is 0.500. The molecule has 1 aromatic rings. The van der Waals surface area contributed by atoms with Crippen molar-refractivity contribution in [1.82, 2.24) is 4.90 Å². The third-order valence-corrected chi connectivity index (χ3v) is 3.88. The number of hydrogen-bond acceptors (Lipinski definition) is 3. The summed E-state index contributed by atoms with van der Waals surface area (Å²) in [6.45, 7) is 8.67. The van der Waals surface area contributed by atoms with Gasteiger partial charge in [-0.3, -0.25) is 4.79 Å². The third kappa shape index (κ3) is 6.23. The van der Waals surface area contributed by atoms with Crippen LogP contribution in [0.4, 0.5) is 0 Å². The molecule has 0 radical (unpaired) electrons. The lowest BCUT2D eigenvalue weighted by atomic mass is 10.00. The Hall–Kier alpha value is -0.840. The Balaban J connectivity index is 2.61. The van der Waals surface area contributed by atoms with Crippen molar-refractivity contribution in [2.24, 2.45) is 5.73 Å². The maximum absolute atomic E-state index is 12.2. The highest BCUT2D eigenvalue weighted by Crippen LogP contribution is 2.23. The van der Waals surface area contributed by atoms with Crippen LogP contribution >= 0.6 is 22.9 Å². The summed E-state index contributed by atoms with van der Waals surface area (Å²) >= 11 is 7.40. The summed E-state index contributed by atoms with van der Waals surface area (Å²) in [5.74, 6) is 0.1000. The van der Waals surface area contributed by atoms with Gasteiger partial charge in [0.05, 0.1) is 10.9 Å². The quantitative estimate of drug-likeness (QED) is 0.784. The molecule has 19 heavy (non-hydrogen) atoms. The number of halogens is 1. The van der Waals surface area contributed by atoms with Crippen molar-refractivity contribution in [3.05, 3.63) is 34.0 Å². The van der Waals surface area contributed by atoms with Gasteiger partial charge in [-0.1, -0.05) is 17.7 Å². The first-order valence-electron chi connectivity index (χ1n) is 6.23. The largest absolute Gasteiger partial charge is 0.334 e. The maximum Gasteiger partial charge on any atom is 0.223 e. The van der Waals surface area contributed by atoms with E-state index in [0.717, 1.165) is 9.21 Å². The first-order valence-corrected chi connectivity index (χ1v) is 7.43. The van der Waals surface area contributed by atoms with Crippen LogP contribution in [0.3, 0.4) is 0 Å². The lowest BCUT2D eigenvalue weighted by Crippen LogP contribution is -2.36. The van der Waals surface area contributed by atoms with Gasteiger partial charge in [0.15, 0.2) is 0 Å². The average Bonchev–Trinajstić information content (AvgIpc) is 2.70. The van der Waals surface area contributed by atoms with Crippen molar-refractivity contribution in [1.29, 1.82) is 0 Å². The number of thiophene rings is 1. The Morgan fingerprint density at radius 2 is 2.26 bits per heavy atom. The molecule has 0 atom stereocenters. The second-order valence-electron chi connectivity index (χ2n) is 5.26. The fourth-order valence-electron chi connectivity index (χ4n) is 1.62. The minimum Gasteiger partial charge on any atom is -0.334 e. The molecule has 0 spiro atoms. The second kappa shape index (κ2) is 7.08. The zero-order valence-corrected chi connectivity index (χ0v) is 13.1. The predicted octanol–water partition coefficient (Wildman–Crippen LogP) is 3.43. The van der Waals surface area contributed by atoms with E-state index in [0.29, 0.717) is 25.9 Å². The summed E-state index contributed by atoms with van der Waals surface area (Å²) in [7, 11) is 0. The SMILES string of the molecule is C=CCN(Cc1ccc(Cl)s1)C(=O)CCC(C)(C)N. The molecule has 0 aliphatic carbocycles. The number of nitrogens with zero attached hydrogens (tertiary/aromatic N) is 1. The van der Waals surface area contributed by atoms with Gasteiger partial charge in [-0.05, 0) is 32.4 Å². The minimum atomic E-state index is -0.318. The van der Waals surface area contributed by atoms with Crippen molar-refractivity contribution in [2.45, 2.75) is 38.8 Å². The summed E-state index contributed by atoms with van der Waals surface area (Å²) in [5, 5.41) is 0. The van der Waals surface area contributed by atoms with E-state index in [1.165, 1.54) is 11.3 Å². The molecule has 0 bridgehead atoms. The summed E-state index contributed by atoms with van der Waals surface area (Å²) in [6, 6.07) is 3.80. The topological polar surface area (TPSA) is 46.3 Å². The van der Waals surface area contributed by atoms with E-state index in [1.54, 1.807) is 11.0 Å². The Morgan fingerprint density at radius 3 is 2.74 bits per heavy atom. The zero-order valence-electron chi connectivity index (χ0n) is 11.5. The first kappa shape index (κ1) is 16.2. The van der Waals surface area contributed by atoms with Crippen LogP contribution in [-0.4, -0.2) is 22.9 Å². The van der Waals surface area contributed by atoms with E-state index in [2.05, 4.69) is 6.58 Å². The molecule has 0 fully saturated rings. The first-order chi connectivity index (χ1) is 8.81. The van der Waals surface area contributed by atoms with Crippen molar-refractivity contribution >= 4 is 28.8 Å². The number of amides is 1. The van der Waals surface area contributed by atoms with Crippen LogP contribution in [0, 0.1) is 0 Å². The Morgan fingerprint density at radius 1 is 1.58 bits per heavy atom. The number of rotatable bonds is 7. The molecular formula is C14H21ClN2OS. The average molecular weight is 301 g/mol. The monoisotopic (exact) mass is 300 g/mol. The van der Waals surface area contributed by atoms with Crippen LogP contribution in [0.1, 0.15) is 31.6 Å².